The van der Waals surface area contributed by atoms with E-state index < -0.39 is 10.1 Å². The molecule has 27 heavy (non-hydrogen) atoms. The molecule has 0 heterocycles. The zero-order chi connectivity index (χ0) is 18.7. The molecule has 0 bridgehead atoms. The van der Waals surface area contributed by atoms with Crippen molar-refractivity contribution in [3.63, 3.8) is 0 Å². The van der Waals surface area contributed by atoms with Gasteiger partial charge in [0.2, 0.25) is 0 Å². The third kappa shape index (κ3) is 9.65. The monoisotopic (exact) mass is 418 g/mol. The van der Waals surface area contributed by atoms with Gasteiger partial charge in [-0.2, -0.15) is 8.42 Å². The van der Waals surface area contributed by atoms with Crippen LogP contribution in [0.1, 0.15) is 74.0 Å². The van der Waals surface area contributed by atoms with E-state index in [4.69, 9.17) is 4.18 Å². The molecule has 0 N–H and O–H groups in total. The maximum atomic E-state index is 12.3. The summed E-state index contributed by atoms with van der Waals surface area (Å²) < 4.78 is 29.9. The molecule has 0 spiro atoms. The van der Waals surface area contributed by atoms with E-state index in [1.165, 1.54) is 44.9 Å². The Morgan fingerprint density at radius 3 is 2.00 bits per heavy atom. The van der Waals surface area contributed by atoms with Gasteiger partial charge in [-0.15, -0.1) is 0 Å². The van der Waals surface area contributed by atoms with Crippen LogP contribution in [-0.4, -0.2) is 51.9 Å². The quantitative estimate of drug-likeness (QED) is 0.217. The van der Waals surface area contributed by atoms with E-state index in [2.05, 4.69) is 6.92 Å². The molecule has 148 valence electrons. The van der Waals surface area contributed by atoms with Gasteiger partial charge in [-0.25, -0.2) is 0 Å². The SMILES string of the molecule is CCCCCCCCCCCCS(=O)(=O)Oc1cccc2ccccc12.[Ca+2].[H-].[H-]. The van der Waals surface area contributed by atoms with Gasteiger partial charge in [0.1, 0.15) is 5.75 Å². The van der Waals surface area contributed by atoms with Gasteiger partial charge in [0.15, 0.2) is 0 Å². The fourth-order valence-electron chi connectivity index (χ4n) is 3.21. The van der Waals surface area contributed by atoms with Crippen molar-refractivity contribution >= 4 is 58.6 Å². The number of rotatable bonds is 13. The largest absolute Gasteiger partial charge is 2.00 e. The average molecular weight is 419 g/mol. The summed E-state index contributed by atoms with van der Waals surface area (Å²) in [7, 11) is -3.53. The molecule has 0 amide bonds. The minimum absolute atomic E-state index is 0. The van der Waals surface area contributed by atoms with Crippen molar-refractivity contribution in [3.05, 3.63) is 42.5 Å². The Labute approximate surface area is 198 Å². The number of hydrogen-bond acceptors (Lipinski definition) is 3. The smallest absolute Gasteiger partial charge is 1.00 e. The summed E-state index contributed by atoms with van der Waals surface area (Å²) in [6.45, 7) is 2.23. The van der Waals surface area contributed by atoms with Gasteiger partial charge in [0.25, 0.3) is 0 Å². The fourth-order valence-corrected chi connectivity index (χ4v) is 4.27. The Morgan fingerprint density at radius 1 is 0.778 bits per heavy atom. The summed E-state index contributed by atoms with van der Waals surface area (Å²) in [4.78, 5) is 0. The van der Waals surface area contributed by atoms with Crippen molar-refractivity contribution in [1.29, 1.82) is 0 Å². The maximum Gasteiger partial charge on any atom is 2.00 e. The zero-order valence-corrected chi connectivity index (χ0v) is 19.7. The van der Waals surface area contributed by atoms with Crippen LogP contribution in [0.2, 0.25) is 0 Å². The molecule has 0 aliphatic rings. The first-order chi connectivity index (χ1) is 12.6. The van der Waals surface area contributed by atoms with Gasteiger partial charge in [-0.1, -0.05) is 101 Å². The average Bonchev–Trinajstić information content (AvgIpc) is 2.63. The number of benzene rings is 2. The third-order valence-electron chi connectivity index (χ3n) is 4.71. The van der Waals surface area contributed by atoms with Crippen LogP contribution in [0, 0.1) is 0 Å². The molecular weight excluding hydrogens is 384 g/mol. The summed E-state index contributed by atoms with van der Waals surface area (Å²) in [6.07, 6.45) is 11.8. The van der Waals surface area contributed by atoms with Crippen LogP contribution in [0.4, 0.5) is 0 Å². The first-order valence-electron chi connectivity index (χ1n) is 10.0. The molecule has 0 saturated heterocycles. The Hall–Kier alpha value is -0.290. The van der Waals surface area contributed by atoms with Gasteiger partial charge in [-0.3, -0.25) is 0 Å². The second-order valence-electron chi connectivity index (χ2n) is 7.00. The van der Waals surface area contributed by atoms with Gasteiger partial charge in [0, 0.05) is 5.39 Å². The zero-order valence-electron chi connectivity index (χ0n) is 18.7. The molecule has 0 atom stereocenters. The van der Waals surface area contributed by atoms with Crippen LogP contribution >= 0.6 is 0 Å². The Balaban J connectivity index is 0. The molecule has 2 rings (SSSR count). The molecule has 0 aliphatic carbocycles. The van der Waals surface area contributed by atoms with E-state index in [1.54, 1.807) is 6.07 Å². The molecule has 0 saturated carbocycles. The van der Waals surface area contributed by atoms with E-state index in [-0.39, 0.29) is 46.3 Å². The molecule has 0 unspecified atom stereocenters. The molecular formula is C22H34CaO3S. The molecule has 0 radical (unpaired) electrons. The van der Waals surface area contributed by atoms with Gasteiger partial charge < -0.3 is 7.04 Å². The van der Waals surface area contributed by atoms with Crippen LogP contribution in [0.25, 0.3) is 10.8 Å². The third-order valence-corrected chi connectivity index (χ3v) is 5.94. The fraction of sp³-hybridized carbons (Fsp3) is 0.545. The maximum absolute atomic E-state index is 12.3. The topological polar surface area (TPSA) is 43.4 Å². The van der Waals surface area contributed by atoms with Gasteiger partial charge in [0.05, 0.1) is 5.75 Å². The van der Waals surface area contributed by atoms with E-state index in [9.17, 15) is 8.42 Å². The number of fused-ring (bicyclic) bond motifs is 1. The van der Waals surface area contributed by atoms with Crippen molar-refractivity contribution < 1.29 is 15.5 Å². The van der Waals surface area contributed by atoms with Crippen molar-refractivity contribution in [2.45, 2.75) is 71.1 Å². The summed E-state index contributed by atoms with van der Waals surface area (Å²) in [5, 5.41) is 1.82. The molecule has 3 nitrogen and oxygen atoms in total. The second-order valence-corrected chi connectivity index (χ2v) is 8.69. The van der Waals surface area contributed by atoms with E-state index >= 15 is 0 Å². The summed E-state index contributed by atoms with van der Waals surface area (Å²) in [6, 6.07) is 13.2. The normalized spacial score (nSPS) is 11.3. The molecule has 2 aromatic rings. The van der Waals surface area contributed by atoms with Crippen molar-refractivity contribution in [2.24, 2.45) is 0 Å². The first kappa shape index (κ1) is 24.7. The van der Waals surface area contributed by atoms with Crippen molar-refractivity contribution in [3.8, 4) is 5.75 Å². The number of unbranched alkanes of at least 4 members (excludes halogenated alkanes) is 9. The Bertz CT molecular complexity index is 764. The van der Waals surface area contributed by atoms with Gasteiger partial charge in [-0.05, 0) is 17.9 Å². The van der Waals surface area contributed by atoms with Gasteiger partial charge >= 0.3 is 47.9 Å². The number of hydrogen-bond donors (Lipinski definition) is 0. The van der Waals surface area contributed by atoms with Crippen LogP contribution < -0.4 is 4.18 Å². The van der Waals surface area contributed by atoms with E-state index in [0.717, 1.165) is 23.6 Å². The minimum atomic E-state index is -3.53. The molecule has 0 fully saturated rings. The summed E-state index contributed by atoms with van der Waals surface area (Å²) in [5.41, 5.74) is 0. The first-order valence-corrected chi connectivity index (χ1v) is 11.6. The predicted molar refractivity (Wildman–Crippen MR) is 118 cm³/mol. The predicted octanol–water partition coefficient (Wildman–Crippen LogP) is 6.31. The van der Waals surface area contributed by atoms with Crippen LogP contribution in [-0.2, 0) is 10.1 Å². The Morgan fingerprint density at radius 2 is 1.33 bits per heavy atom. The van der Waals surface area contributed by atoms with Crippen LogP contribution in [0.3, 0.4) is 0 Å². The van der Waals surface area contributed by atoms with Crippen LogP contribution in [0.15, 0.2) is 42.5 Å². The van der Waals surface area contributed by atoms with Crippen molar-refractivity contribution in [1.82, 2.24) is 0 Å². The second kappa shape index (κ2) is 13.8. The molecule has 0 aromatic heterocycles. The molecule has 2 aromatic carbocycles. The van der Waals surface area contributed by atoms with Crippen LogP contribution in [0.5, 0.6) is 5.75 Å². The molecule has 5 heteroatoms. The van der Waals surface area contributed by atoms with Crippen molar-refractivity contribution in [2.75, 3.05) is 5.75 Å². The molecule has 0 aliphatic heterocycles. The standard InChI is InChI=1S/C22H32O3S.Ca.2H/c1-2-3-4-5-6-7-8-9-10-13-19-26(23,24)25-22-18-14-16-20-15-11-12-17-21(20)22;;;/h11-12,14-18H,2-10,13,19H2,1H3;;;/q;+2;2*-1. The van der Waals surface area contributed by atoms with E-state index in [1.807, 2.05) is 36.4 Å². The summed E-state index contributed by atoms with van der Waals surface area (Å²) in [5.74, 6) is 0.516. The Kier molecular flexibility index (Phi) is 12.7. The minimum Gasteiger partial charge on any atom is -1.00 e. The summed E-state index contributed by atoms with van der Waals surface area (Å²) >= 11 is 0. The van der Waals surface area contributed by atoms with E-state index in [0.29, 0.717) is 12.2 Å².